The fourth-order valence-corrected chi connectivity index (χ4v) is 2.75. The summed E-state index contributed by atoms with van der Waals surface area (Å²) in [5.41, 5.74) is 1.38. The summed E-state index contributed by atoms with van der Waals surface area (Å²) in [6.07, 6.45) is 2.87. The molecular weight excluding hydrogens is 358 g/mol. The summed E-state index contributed by atoms with van der Waals surface area (Å²) in [5.74, 6) is -1.07. The van der Waals surface area contributed by atoms with Crippen molar-refractivity contribution >= 4 is 40.8 Å². The number of halogens is 1. The maximum absolute atomic E-state index is 12.0. The van der Waals surface area contributed by atoms with Crippen molar-refractivity contribution in [2.24, 2.45) is 0 Å². The lowest BCUT2D eigenvalue weighted by molar-refractivity contribution is -0.119. The van der Waals surface area contributed by atoms with Gasteiger partial charge in [-0.2, -0.15) is 0 Å². The molecule has 134 valence electrons. The Kier molecular flexibility index (Phi) is 5.48. The molecule has 0 aliphatic carbocycles. The summed E-state index contributed by atoms with van der Waals surface area (Å²) in [6.45, 7) is 0.232. The second kappa shape index (κ2) is 7.97. The van der Waals surface area contributed by atoms with Crippen LogP contribution in [0.5, 0.6) is 0 Å². The molecule has 0 atom stereocenters. The molecule has 2 heterocycles. The Balaban J connectivity index is 1.54. The minimum absolute atomic E-state index is 0.0751. The zero-order valence-corrected chi connectivity index (χ0v) is 14.5. The Morgan fingerprint density at radius 1 is 1.23 bits per heavy atom. The van der Waals surface area contributed by atoms with Gasteiger partial charge >= 0.3 is 5.97 Å². The predicted molar refractivity (Wildman–Crippen MR) is 96.2 cm³/mol. The van der Waals surface area contributed by atoms with Crippen molar-refractivity contribution in [2.75, 3.05) is 23.4 Å². The lowest BCUT2D eigenvalue weighted by Crippen LogP contribution is -2.23. The quantitative estimate of drug-likeness (QED) is 0.643. The van der Waals surface area contributed by atoms with Gasteiger partial charge in [-0.05, 0) is 42.8 Å². The van der Waals surface area contributed by atoms with Crippen LogP contribution in [0.3, 0.4) is 0 Å². The third kappa shape index (κ3) is 4.18. The standard InChI is InChI=1S/C18H16ClN3O4/c19-17-14(3-1-9-20-17)21-15(23)11-26-18(25)12-5-7-13(8-6-12)22-10-2-4-16(22)24/h1,3,5-9H,2,4,10-11H2,(H,21,23). The summed E-state index contributed by atoms with van der Waals surface area (Å²) in [4.78, 5) is 41.1. The molecule has 0 radical (unpaired) electrons. The normalized spacial score (nSPS) is 13.6. The summed E-state index contributed by atoms with van der Waals surface area (Å²) in [5, 5.41) is 2.67. The molecule has 0 unspecified atom stereocenters. The molecule has 0 saturated carbocycles. The van der Waals surface area contributed by atoms with E-state index >= 15 is 0 Å². The van der Waals surface area contributed by atoms with Crippen molar-refractivity contribution in [1.82, 2.24) is 4.98 Å². The smallest absolute Gasteiger partial charge is 0.338 e. The molecule has 1 aliphatic heterocycles. The van der Waals surface area contributed by atoms with Gasteiger partial charge in [0.15, 0.2) is 11.8 Å². The predicted octanol–water partition coefficient (Wildman–Crippen LogP) is 2.66. The second-order valence-electron chi connectivity index (χ2n) is 5.66. The fraction of sp³-hybridized carbons (Fsp3) is 0.222. The fourth-order valence-electron chi connectivity index (χ4n) is 2.58. The van der Waals surface area contributed by atoms with E-state index in [2.05, 4.69) is 10.3 Å². The highest BCUT2D eigenvalue weighted by atomic mass is 35.5. The molecule has 1 N–H and O–H groups in total. The molecular formula is C18H16ClN3O4. The van der Waals surface area contributed by atoms with Crippen LogP contribution in [0.4, 0.5) is 11.4 Å². The molecule has 8 heteroatoms. The van der Waals surface area contributed by atoms with Crippen molar-refractivity contribution in [1.29, 1.82) is 0 Å². The number of anilines is 2. The molecule has 1 aliphatic rings. The summed E-state index contributed by atoms with van der Waals surface area (Å²) in [6, 6.07) is 9.73. The van der Waals surface area contributed by atoms with E-state index in [0.29, 0.717) is 24.2 Å². The molecule has 7 nitrogen and oxygen atoms in total. The van der Waals surface area contributed by atoms with Crippen LogP contribution in [0.2, 0.25) is 5.15 Å². The molecule has 26 heavy (non-hydrogen) atoms. The van der Waals surface area contributed by atoms with Gasteiger partial charge in [-0.3, -0.25) is 9.59 Å². The number of benzene rings is 1. The summed E-state index contributed by atoms with van der Waals surface area (Å²) < 4.78 is 4.99. The number of ether oxygens (including phenoxy) is 1. The average molecular weight is 374 g/mol. The lowest BCUT2D eigenvalue weighted by Gasteiger charge is -2.15. The highest BCUT2D eigenvalue weighted by Crippen LogP contribution is 2.22. The van der Waals surface area contributed by atoms with E-state index < -0.39 is 18.5 Å². The van der Waals surface area contributed by atoms with Crippen molar-refractivity contribution in [3.8, 4) is 0 Å². The van der Waals surface area contributed by atoms with Crippen LogP contribution in [-0.4, -0.2) is 35.9 Å². The van der Waals surface area contributed by atoms with E-state index in [1.165, 1.54) is 6.20 Å². The lowest BCUT2D eigenvalue weighted by atomic mass is 10.2. The number of hydrogen-bond acceptors (Lipinski definition) is 5. The monoisotopic (exact) mass is 373 g/mol. The molecule has 3 rings (SSSR count). The van der Waals surface area contributed by atoms with Gasteiger partial charge in [0.1, 0.15) is 0 Å². The number of amides is 2. The molecule has 2 aromatic rings. The summed E-state index contributed by atoms with van der Waals surface area (Å²) >= 11 is 5.84. The minimum atomic E-state index is -0.628. The first-order chi connectivity index (χ1) is 12.5. The number of aromatic nitrogens is 1. The Hall–Kier alpha value is -2.93. The van der Waals surface area contributed by atoms with Gasteiger partial charge in [-0.25, -0.2) is 9.78 Å². The number of carbonyl (C=O) groups is 3. The average Bonchev–Trinajstić information content (AvgIpc) is 3.08. The number of rotatable bonds is 5. The van der Waals surface area contributed by atoms with Gasteiger partial charge in [0.25, 0.3) is 5.91 Å². The maximum Gasteiger partial charge on any atom is 0.338 e. The zero-order valence-electron chi connectivity index (χ0n) is 13.8. The van der Waals surface area contributed by atoms with Crippen molar-refractivity contribution in [3.05, 3.63) is 53.3 Å². The van der Waals surface area contributed by atoms with E-state index in [9.17, 15) is 14.4 Å². The number of esters is 1. The van der Waals surface area contributed by atoms with Crippen LogP contribution in [-0.2, 0) is 14.3 Å². The van der Waals surface area contributed by atoms with Crippen LogP contribution < -0.4 is 10.2 Å². The number of nitrogens with one attached hydrogen (secondary N) is 1. The highest BCUT2D eigenvalue weighted by molar-refractivity contribution is 6.32. The second-order valence-corrected chi connectivity index (χ2v) is 6.02. The Morgan fingerprint density at radius 3 is 2.65 bits per heavy atom. The van der Waals surface area contributed by atoms with Gasteiger partial charge in [0.2, 0.25) is 5.91 Å². The van der Waals surface area contributed by atoms with Crippen LogP contribution in [0.15, 0.2) is 42.6 Å². The molecule has 1 aromatic carbocycles. The van der Waals surface area contributed by atoms with Crippen LogP contribution >= 0.6 is 11.6 Å². The first-order valence-corrected chi connectivity index (χ1v) is 8.40. The van der Waals surface area contributed by atoms with Crippen molar-refractivity contribution in [3.63, 3.8) is 0 Å². The molecule has 2 amide bonds. The number of nitrogens with zero attached hydrogens (tertiary/aromatic N) is 2. The van der Waals surface area contributed by atoms with Crippen molar-refractivity contribution < 1.29 is 19.1 Å². The molecule has 1 saturated heterocycles. The van der Waals surface area contributed by atoms with Crippen LogP contribution in [0.1, 0.15) is 23.2 Å². The highest BCUT2D eigenvalue weighted by Gasteiger charge is 2.21. The Morgan fingerprint density at radius 2 is 2.00 bits per heavy atom. The minimum Gasteiger partial charge on any atom is -0.452 e. The van der Waals surface area contributed by atoms with Gasteiger partial charge in [0, 0.05) is 24.8 Å². The zero-order chi connectivity index (χ0) is 18.5. The topological polar surface area (TPSA) is 88.6 Å². The Bertz CT molecular complexity index is 839. The van der Waals surface area contributed by atoms with Crippen LogP contribution in [0.25, 0.3) is 0 Å². The number of carbonyl (C=O) groups excluding carboxylic acids is 3. The molecule has 0 spiro atoms. The van der Waals surface area contributed by atoms with E-state index in [4.69, 9.17) is 16.3 Å². The van der Waals surface area contributed by atoms with Crippen molar-refractivity contribution in [2.45, 2.75) is 12.8 Å². The first kappa shape index (κ1) is 17.9. The van der Waals surface area contributed by atoms with Crippen LogP contribution in [0, 0.1) is 0 Å². The largest absolute Gasteiger partial charge is 0.452 e. The third-order valence-corrected chi connectivity index (χ3v) is 4.16. The maximum atomic E-state index is 12.0. The summed E-state index contributed by atoms with van der Waals surface area (Å²) in [7, 11) is 0. The molecule has 1 aromatic heterocycles. The van der Waals surface area contributed by atoms with E-state index in [-0.39, 0.29) is 11.1 Å². The number of hydrogen-bond donors (Lipinski definition) is 1. The number of pyridine rings is 1. The molecule has 0 bridgehead atoms. The third-order valence-electron chi connectivity index (χ3n) is 3.86. The van der Waals surface area contributed by atoms with Gasteiger partial charge in [-0.1, -0.05) is 11.6 Å². The van der Waals surface area contributed by atoms with E-state index in [0.717, 1.165) is 12.1 Å². The van der Waals surface area contributed by atoms with Gasteiger partial charge < -0.3 is 15.0 Å². The van der Waals surface area contributed by atoms with Gasteiger partial charge in [0.05, 0.1) is 11.3 Å². The van der Waals surface area contributed by atoms with E-state index in [1.807, 2.05) is 0 Å². The SMILES string of the molecule is O=C(COC(=O)c1ccc(N2CCCC2=O)cc1)Nc1cccnc1Cl. The molecule has 1 fully saturated rings. The van der Waals surface area contributed by atoms with E-state index in [1.54, 1.807) is 41.3 Å². The van der Waals surface area contributed by atoms with Gasteiger partial charge in [-0.15, -0.1) is 0 Å². The first-order valence-electron chi connectivity index (χ1n) is 8.02. The Labute approximate surface area is 154 Å².